The van der Waals surface area contributed by atoms with Gasteiger partial charge in [-0.1, -0.05) is 46.8 Å². The lowest BCUT2D eigenvalue weighted by molar-refractivity contribution is 0.473. The molecule has 0 rings (SSSR count). The summed E-state index contributed by atoms with van der Waals surface area (Å²) in [6.45, 7) is 17.3. The monoisotopic (exact) mass is 366 g/mol. The molecule has 0 aromatic heterocycles. The molecule has 0 spiro atoms. The minimum atomic E-state index is -0.554. The van der Waals surface area contributed by atoms with Gasteiger partial charge < -0.3 is 22.5 Å². The molecule has 26 heavy (non-hydrogen) atoms. The minimum absolute atomic E-state index is 0.157. The van der Waals surface area contributed by atoms with Gasteiger partial charge in [0.15, 0.2) is 0 Å². The van der Waals surface area contributed by atoms with Crippen LogP contribution < -0.4 is 22.5 Å². The number of aliphatic imine (C=N–C) groups is 2. The van der Waals surface area contributed by atoms with E-state index in [0.717, 1.165) is 18.8 Å². The maximum absolute atomic E-state index is 6.37. The zero-order chi connectivity index (χ0) is 20.5. The fraction of sp³-hybridized carbons (Fsp3) is 0.800. The second-order valence-corrected chi connectivity index (χ2v) is 7.83. The fourth-order valence-electron chi connectivity index (χ4n) is 2.40. The molecule has 0 bridgehead atoms. The lowest BCUT2D eigenvalue weighted by Crippen LogP contribution is -2.48. The van der Waals surface area contributed by atoms with E-state index in [9.17, 15) is 0 Å². The predicted molar refractivity (Wildman–Crippen MR) is 116 cm³/mol. The lowest BCUT2D eigenvalue weighted by atomic mass is 9.92. The predicted octanol–water partition coefficient (Wildman–Crippen LogP) is 2.43. The molecule has 0 aromatic carbocycles. The number of likely N-dealkylation sites (N-methyl/N-ethyl adjacent to an activating group) is 1. The molecule has 0 aliphatic heterocycles. The molecule has 0 aromatic rings. The topological polar surface area (TPSA) is 115 Å². The van der Waals surface area contributed by atoms with Crippen LogP contribution in [-0.2, 0) is 0 Å². The zero-order valence-corrected chi connectivity index (χ0v) is 18.1. The van der Waals surface area contributed by atoms with E-state index in [1.165, 1.54) is 0 Å². The van der Waals surface area contributed by atoms with Gasteiger partial charge in [0.25, 0.3) is 0 Å². The molecule has 1 unspecified atom stereocenters. The van der Waals surface area contributed by atoms with Gasteiger partial charge in [-0.15, -0.1) is 0 Å². The maximum atomic E-state index is 6.37. The smallest absolute Gasteiger partial charge is 0.115 e. The van der Waals surface area contributed by atoms with Crippen LogP contribution in [0.3, 0.4) is 0 Å². The Kier molecular flexibility index (Phi) is 10.7. The highest BCUT2D eigenvalue weighted by Gasteiger charge is 2.30. The highest BCUT2D eigenvalue weighted by atomic mass is 15.1. The summed E-state index contributed by atoms with van der Waals surface area (Å²) in [6, 6.07) is -0.578. The van der Waals surface area contributed by atoms with Gasteiger partial charge in [-0.25, -0.2) is 0 Å². The molecule has 6 nitrogen and oxygen atoms in total. The van der Waals surface area contributed by atoms with Crippen molar-refractivity contribution >= 4 is 11.7 Å². The molecular weight excluding hydrogens is 324 g/mol. The normalized spacial score (nSPS) is 19.7. The van der Waals surface area contributed by atoms with Crippen molar-refractivity contribution in [3.63, 3.8) is 0 Å². The average Bonchev–Trinajstić information content (AvgIpc) is 2.57. The number of hydrogen-bond acceptors (Lipinski definition) is 4. The minimum Gasteiger partial charge on any atom is -0.386 e. The van der Waals surface area contributed by atoms with Crippen molar-refractivity contribution in [2.45, 2.75) is 85.5 Å². The van der Waals surface area contributed by atoms with Crippen LogP contribution in [0.5, 0.6) is 0 Å². The van der Waals surface area contributed by atoms with Gasteiger partial charge in [0, 0.05) is 6.54 Å². The molecule has 0 aliphatic rings. The van der Waals surface area contributed by atoms with E-state index < -0.39 is 5.54 Å². The van der Waals surface area contributed by atoms with Crippen LogP contribution in [0, 0.1) is 11.8 Å². The van der Waals surface area contributed by atoms with E-state index in [-0.39, 0.29) is 30.0 Å². The molecule has 0 saturated heterocycles. The summed E-state index contributed by atoms with van der Waals surface area (Å²) in [6.07, 6.45) is 5.13. The first-order chi connectivity index (χ1) is 12.0. The largest absolute Gasteiger partial charge is 0.386 e. The fourth-order valence-corrected chi connectivity index (χ4v) is 2.40. The maximum Gasteiger partial charge on any atom is 0.115 e. The molecule has 4 atom stereocenters. The molecule has 0 fully saturated rings. The third-order valence-electron chi connectivity index (χ3n) is 4.69. The van der Waals surface area contributed by atoms with Gasteiger partial charge in [-0.3, -0.25) is 9.98 Å². The summed E-state index contributed by atoms with van der Waals surface area (Å²) in [5, 5.41) is 3.33. The SMILES string of the molecule is CC/C=C\C(C)(/N=C(\NCC)[C@@H](N)C(C)C)[C@@H](C)/N=C(\N)[C@@H](N)C(C)C. The van der Waals surface area contributed by atoms with Crippen LogP contribution in [0.25, 0.3) is 0 Å². The molecule has 6 heteroatoms. The standard InChI is InChI=1S/C20H42N6/c1-9-11-12-20(8,15(7)25-18(23)16(21)13(3)4)26-19(24-10-2)17(22)14(5)6/h11-17H,9-10,21-22H2,1-8H3,(H2,23,25)(H,24,26)/b12-11-/t15-,16+,17+,20?/m1/s1. The van der Waals surface area contributed by atoms with Gasteiger partial charge in [0.05, 0.1) is 18.1 Å². The third-order valence-corrected chi connectivity index (χ3v) is 4.69. The first-order valence-corrected chi connectivity index (χ1v) is 9.85. The van der Waals surface area contributed by atoms with E-state index in [1.54, 1.807) is 0 Å². The van der Waals surface area contributed by atoms with Gasteiger partial charge in [0.1, 0.15) is 17.2 Å². The molecule has 7 N–H and O–H groups in total. The summed E-state index contributed by atoms with van der Waals surface area (Å²) >= 11 is 0. The molecule has 0 amide bonds. The molecule has 0 radical (unpaired) electrons. The molecule has 0 saturated carbocycles. The van der Waals surface area contributed by atoms with Gasteiger partial charge in [-0.05, 0) is 39.0 Å². The number of nitrogens with two attached hydrogens (primary N) is 3. The Bertz CT molecular complexity index is 495. The van der Waals surface area contributed by atoms with Crippen molar-refractivity contribution in [1.82, 2.24) is 5.32 Å². The van der Waals surface area contributed by atoms with Crippen molar-refractivity contribution in [2.24, 2.45) is 39.0 Å². The molecule has 152 valence electrons. The third kappa shape index (κ3) is 7.46. The van der Waals surface area contributed by atoms with Gasteiger partial charge in [-0.2, -0.15) is 0 Å². The van der Waals surface area contributed by atoms with Crippen LogP contribution in [0.2, 0.25) is 0 Å². The first-order valence-electron chi connectivity index (χ1n) is 9.85. The van der Waals surface area contributed by atoms with Crippen molar-refractivity contribution in [2.75, 3.05) is 6.54 Å². The Balaban J connectivity index is 5.97. The summed E-state index contributed by atoms with van der Waals surface area (Å²) in [5.74, 6) is 1.79. The van der Waals surface area contributed by atoms with E-state index in [1.807, 2.05) is 27.7 Å². The Labute approximate surface area is 160 Å². The van der Waals surface area contributed by atoms with Gasteiger partial charge in [0.2, 0.25) is 0 Å². The van der Waals surface area contributed by atoms with E-state index in [0.29, 0.717) is 5.84 Å². The Morgan fingerprint density at radius 3 is 2.00 bits per heavy atom. The van der Waals surface area contributed by atoms with Crippen molar-refractivity contribution in [3.05, 3.63) is 12.2 Å². The second-order valence-electron chi connectivity index (χ2n) is 7.83. The van der Waals surface area contributed by atoms with Crippen LogP contribution in [0.15, 0.2) is 22.1 Å². The van der Waals surface area contributed by atoms with Gasteiger partial charge >= 0.3 is 0 Å². The van der Waals surface area contributed by atoms with Crippen molar-refractivity contribution < 1.29 is 0 Å². The van der Waals surface area contributed by atoms with Crippen molar-refractivity contribution in [3.8, 4) is 0 Å². The highest BCUT2D eigenvalue weighted by molar-refractivity contribution is 5.88. The Hall–Kier alpha value is -1.40. The van der Waals surface area contributed by atoms with Crippen LogP contribution in [0.4, 0.5) is 0 Å². The second kappa shape index (κ2) is 11.3. The van der Waals surface area contributed by atoms with E-state index in [4.69, 9.17) is 22.2 Å². The number of allylic oxidation sites excluding steroid dienone is 1. The zero-order valence-electron chi connectivity index (χ0n) is 18.1. The summed E-state index contributed by atoms with van der Waals surface area (Å²) in [4.78, 5) is 9.69. The average molecular weight is 367 g/mol. The Morgan fingerprint density at radius 1 is 1.04 bits per heavy atom. The summed E-state index contributed by atoms with van der Waals surface area (Å²) in [5.41, 5.74) is 18.1. The summed E-state index contributed by atoms with van der Waals surface area (Å²) in [7, 11) is 0. The van der Waals surface area contributed by atoms with Crippen molar-refractivity contribution in [1.29, 1.82) is 0 Å². The molecular formula is C20H42N6. The quantitative estimate of drug-likeness (QED) is 0.270. The number of nitrogens with one attached hydrogen (secondary N) is 1. The first kappa shape index (κ1) is 24.6. The Morgan fingerprint density at radius 2 is 1.58 bits per heavy atom. The van der Waals surface area contributed by atoms with E-state index in [2.05, 4.69) is 50.2 Å². The molecule has 0 heterocycles. The van der Waals surface area contributed by atoms with Crippen LogP contribution in [-0.4, -0.2) is 41.9 Å². The van der Waals surface area contributed by atoms with Crippen LogP contribution >= 0.6 is 0 Å². The number of rotatable bonds is 10. The number of nitrogens with zero attached hydrogens (tertiary/aromatic N) is 2. The highest BCUT2D eigenvalue weighted by Crippen LogP contribution is 2.23. The summed E-state index contributed by atoms with van der Waals surface area (Å²) < 4.78 is 0. The number of amidine groups is 2. The number of hydrogen-bond donors (Lipinski definition) is 4. The molecule has 0 aliphatic carbocycles. The van der Waals surface area contributed by atoms with Crippen LogP contribution in [0.1, 0.15) is 61.8 Å². The van der Waals surface area contributed by atoms with E-state index >= 15 is 0 Å². The lowest BCUT2D eigenvalue weighted by Gasteiger charge is -2.31.